The largest absolute Gasteiger partial charge is 0.478 e. The van der Waals surface area contributed by atoms with Crippen molar-refractivity contribution in [2.24, 2.45) is 5.92 Å². The maximum absolute atomic E-state index is 10.2. The lowest BCUT2D eigenvalue weighted by atomic mass is 10.1. The Labute approximate surface area is 84.6 Å². The van der Waals surface area contributed by atoms with Crippen molar-refractivity contribution in [3.8, 4) is 0 Å². The van der Waals surface area contributed by atoms with Crippen LogP contribution >= 0.6 is 0 Å². The molecule has 4 nitrogen and oxygen atoms in total. The number of rotatable bonds is 5. The van der Waals surface area contributed by atoms with E-state index in [2.05, 4.69) is 17.1 Å². The van der Waals surface area contributed by atoms with E-state index in [1.165, 1.54) is 19.2 Å². The zero-order valence-corrected chi connectivity index (χ0v) is 8.57. The van der Waals surface area contributed by atoms with Crippen LogP contribution in [0.1, 0.15) is 13.3 Å². The van der Waals surface area contributed by atoms with Crippen LogP contribution in [0.5, 0.6) is 0 Å². The van der Waals surface area contributed by atoms with Crippen molar-refractivity contribution < 1.29 is 9.90 Å². The van der Waals surface area contributed by atoms with Crippen LogP contribution in [-0.4, -0.2) is 42.2 Å². The molecule has 4 heteroatoms. The average Bonchev–Trinajstić information content (AvgIpc) is 2.60. The van der Waals surface area contributed by atoms with Gasteiger partial charge in [-0.2, -0.15) is 0 Å². The molecule has 1 aliphatic rings. The highest BCUT2D eigenvalue weighted by molar-refractivity contribution is 5.79. The Kier molecular flexibility index (Phi) is 4.46. The summed E-state index contributed by atoms with van der Waals surface area (Å²) in [5.41, 5.74) is 0. The molecule has 1 unspecified atom stereocenters. The molecule has 0 aromatic rings. The van der Waals surface area contributed by atoms with E-state index in [1.54, 1.807) is 0 Å². The van der Waals surface area contributed by atoms with Gasteiger partial charge in [-0.1, -0.05) is 6.92 Å². The molecule has 1 rings (SSSR count). The number of carbonyl (C=O) groups is 1. The Morgan fingerprint density at radius 3 is 3.07 bits per heavy atom. The van der Waals surface area contributed by atoms with E-state index in [1.807, 2.05) is 0 Å². The van der Waals surface area contributed by atoms with Crippen LogP contribution in [0.4, 0.5) is 0 Å². The van der Waals surface area contributed by atoms with Crippen LogP contribution in [-0.2, 0) is 4.79 Å². The molecular formula is C10H18N2O2. The van der Waals surface area contributed by atoms with E-state index in [-0.39, 0.29) is 0 Å². The van der Waals surface area contributed by atoms with Gasteiger partial charge in [0.1, 0.15) is 0 Å². The van der Waals surface area contributed by atoms with E-state index >= 15 is 0 Å². The molecule has 2 N–H and O–H groups in total. The first kappa shape index (κ1) is 11.0. The molecule has 0 saturated carbocycles. The van der Waals surface area contributed by atoms with Gasteiger partial charge in [0.25, 0.3) is 0 Å². The van der Waals surface area contributed by atoms with Crippen molar-refractivity contribution in [1.82, 2.24) is 10.2 Å². The van der Waals surface area contributed by atoms with Gasteiger partial charge in [-0.25, -0.2) is 4.79 Å². The van der Waals surface area contributed by atoms with Crippen LogP contribution in [0.25, 0.3) is 0 Å². The smallest absolute Gasteiger partial charge is 0.329 e. The van der Waals surface area contributed by atoms with Gasteiger partial charge in [-0.3, -0.25) is 0 Å². The molecule has 0 radical (unpaired) electrons. The standard InChI is InChI=1S/C10H18N2O2/c1-2-12-6-4-9(8-12)7-11-5-3-10(13)14/h3,5,9,11H,2,4,6-8H2,1H3,(H,13,14)/b5-3+. The number of carboxylic acid groups (broad SMARTS) is 1. The quantitative estimate of drug-likeness (QED) is 0.632. The van der Waals surface area contributed by atoms with E-state index in [0.29, 0.717) is 5.92 Å². The molecule has 1 fully saturated rings. The number of nitrogens with zero attached hydrogens (tertiary/aromatic N) is 1. The highest BCUT2D eigenvalue weighted by atomic mass is 16.4. The number of hydrogen-bond acceptors (Lipinski definition) is 3. The van der Waals surface area contributed by atoms with E-state index in [4.69, 9.17) is 5.11 Å². The molecule has 80 valence electrons. The van der Waals surface area contributed by atoms with Gasteiger partial charge >= 0.3 is 5.97 Å². The Morgan fingerprint density at radius 2 is 2.50 bits per heavy atom. The Hall–Kier alpha value is -1.03. The fraction of sp³-hybridized carbons (Fsp3) is 0.700. The molecule has 1 heterocycles. The molecular weight excluding hydrogens is 180 g/mol. The Bertz CT molecular complexity index is 216. The summed E-state index contributed by atoms with van der Waals surface area (Å²) in [6, 6.07) is 0. The predicted molar refractivity (Wildman–Crippen MR) is 55.0 cm³/mol. The predicted octanol–water partition coefficient (Wildman–Crippen LogP) is 0.516. The summed E-state index contributed by atoms with van der Waals surface area (Å²) in [4.78, 5) is 12.6. The Balaban J connectivity index is 2.11. The molecule has 0 aromatic carbocycles. The number of aliphatic carboxylic acids is 1. The minimum absolute atomic E-state index is 0.661. The summed E-state index contributed by atoms with van der Waals surface area (Å²) in [6.07, 6.45) is 3.85. The summed E-state index contributed by atoms with van der Waals surface area (Å²) in [5, 5.41) is 11.4. The first-order valence-corrected chi connectivity index (χ1v) is 5.07. The Morgan fingerprint density at radius 1 is 1.71 bits per heavy atom. The monoisotopic (exact) mass is 198 g/mol. The van der Waals surface area contributed by atoms with E-state index in [9.17, 15) is 4.79 Å². The molecule has 1 atom stereocenters. The van der Waals surface area contributed by atoms with Crippen molar-refractivity contribution in [2.75, 3.05) is 26.2 Å². The molecule has 0 aromatic heterocycles. The number of likely N-dealkylation sites (tertiary alicyclic amines) is 1. The molecule has 1 aliphatic heterocycles. The third kappa shape index (κ3) is 3.79. The van der Waals surface area contributed by atoms with Crippen molar-refractivity contribution in [3.63, 3.8) is 0 Å². The second kappa shape index (κ2) is 5.65. The normalized spacial score (nSPS) is 23.1. The summed E-state index contributed by atoms with van der Waals surface area (Å²) in [6.45, 7) is 6.46. The van der Waals surface area contributed by atoms with Gasteiger partial charge in [0.2, 0.25) is 0 Å². The number of hydrogen-bond donors (Lipinski definition) is 2. The second-order valence-corrected chi connectivity index (χ2v) is 3.63. The zero-order chi connectivity index (χ0) is 10.4. The van der Waals surface area contributed by atoms with Crippen molar-refractivity contribution >= 4 is 5.97 Å². The summed E-state index contributed by atoms with van der Waals surface area (Å²) in [5.74, 6) is -0.243. The van der Waals surface area contributed by atoms with E-state index in [0.717, 1.165) is 25.7 Å². The third-order valence-corrected chi connectivity index (χ3v) is 2.57. The lowest BCUT2D eigenvalue weighted by Gasteiger charge is -2.12. The first-order chi connectivity index (χ1) is 6.72. The van der Waals surface area contributed by atoms with Gasteiger partial charge in [-0.05, 0) is 25.4 Å². The lowest BCUT2D eigenvalue weighted by molar-refractivity contribution is -0.131. The second-order valence-electron chi connectivity index (χ2n) is 3.63. The topological polar surface area (TPSA) is 52.6 Å². The molecule has 0 bridgehead atoms. The van der Waals surface area contributed by atoms with Crippen LogP contribution in [0.2, 0.25) is 0 Å². The summed E-state index contributed by atoms with van der Waals surface area (Å²) in [7, 11) is 0. The molecule has 0 spiro atoms. The highest BCUT2D eigenvalue weighted by Gasteiger charge is 2.19. The van der Waals surface area contributed by atoms with Gasteiger partial charge in [0.15, 0.2) is 0 Å². The number of nitrogens with one attached hydrogen (secondary N) is 1. The van der Waals surface area contributed by atoms with Crippen LogP contribution in [0.15, 0.2) is 12.3 Å². The van der Waals surface area contributed by atoms with Gasteiger partial charge in [0, 0.05) is 25.4 Å². The van der Waals surface area contributed by atoms with Crippen LogP contribution in [0.3, 0.4) is 0 Å². The zero-order valence-electron chi connectivity index (χ0n) is 8.57. The fourth-order valence-electron chi connectivity index (χ4n) is 1.73. The van der Waals surface area contributed by atoms with E-state index < -0.39 is 5.97 Å². The van der Waals surface area contributed by atoms with Crippen LogP contribution < -0.4 is 5.32 Å². The summed E-state index contributed by atoms with van der Waals surface area (Å²) < 4.78 is 0. The van der Waals surface area contributed by atoms with Gasteiger partial charge in [0.05, 0.1) is 0 Å². The van der Waals surface area contributed by atoms with Gasteiger partial charge < -0.3 is 15.3 Å². The van der Waals surface area contributed by atoms with Crippen molar-refractivity contribution in [1.29, 1.82) is 0 Å². The van der Waals surface area contributed by atoms with Crippen LogP contribution in [0, 0.1) is 5.92 Å². The first-order valence-electron chi connectivity index (χ1n) is 5.07. The van der Waals surface area contributed by atoms with Crippen molar-refractivity contribution in [2.45, 2.75) is 13.3 Å². The summed E-state index contributed by atoms with van der Waals surface area (Å²) >= 11 is 0. The lowest BCUT2D eigenvalue weighted by Crippen LogP contribution is -2.24. The maximum Gasteiger partial charge on any atom is 0.329 e. The van der Waals surface area contributed by atoms with Gasteiger partial charge in [-0.15, -0.1) is 0 Å². The maximum atomic E-state index is 10.2. The number of carboxylic acids is 1. The molecule has 0 aliphatic carbocycles. The minimum atomic E-state index is -0.904. The third-order valence-electron chi connectivity index (χ3n) is 2.57. The highest BCUT2D eigenvalue weighted by Crippen LogP contribution is 2.14. The minimum Gasteiger partial charge on any atom is -0.478 e. The molecule has 1 saturated heterocycles. The molecule has 0 amide bonds. The fourth-order valence-corrected chi connectivity index (χ4v) is 1.73. The SMILES string of the molecule is CCN1CCC(CN/C=C/C(=O)O)C1. The average molecular weight is 198 g/mol. The van der Waals surface area contributed by atoms with Crippen molar-refractivity contribution in [3.05, 3.63) is 12.3 Å². The molecule has 14 heavy (non-hydrogen) atoms.